The molecule has 0 saturated heterocycles. The number of ether oxygens (including phenoxy) is 2. The first-order chi connectivity index (χ1) is 14.2. The summed E-state index contributed by atoms with van der Waals surface area (Å²) in [5.41, 5.74) is 1.84. The van der Waals surface area contributed by atoms with E-state index in [0.29, 0.717) is 30.0 Å². The van der Waals surface area contributed by atoms with E-state index in [2.05, 4.69) is 4.98 Å². The fourth-order valence-electron chi connectivity index (χ4n) is 3.07. The molecule has 0 atom stereocenters. The lowest BCUT2D eigenvalue weighted by atomic mass is 10.1. The van der Waals surface area contributed by atoms with Gasteiger partial charge in [-0.05, 0) is 48.4 Å². The van der Waals surface area contributed by atoms with Gasteiger partial charge >= 0.3 is 0 Å². The normalized spacial score (nSPS) is 11.0. The number of hydrogen-bond acceptors (Lipinski definition) is 5. The van der Waals surface area contributed by atoms with Crippen LogP contribution in [-0.2, 0) is 6.54 Å². The molecule has 148 valence electrons. The summed E-state index contributed by atoms with van der Waals surface area (Å²) in [5, 5.41) is 3.31. The predicted octanol–water partition coefficient (Wildman–Crippen LogP) is 5.26. The molecule has 2 heterocycles. The summed E-state index contributed by atoms with van der Waals surface area (Å²) >= 11 is 7.35. The average molecular weight is 427 g/mol. The standard InChI is InChI=1S/C22H19ClN2O3S/c1-27-17-7-3-15(4-8-17)19-13-29-21-20(19)22(26)25(14-24-21)11-2-12-28-18-9-5-16(23)6-10-18/h3-10,13-14H,2,11-12H2,1H3. The minimum Gasteiger partial charge on any atom is -0.497 e. The Balaban J connectivity index is 1.50. The molecular weight excluding hydrogens is 408 g/mol. The first-order valence-electron chi connectivity index (χ1n) is 9.15. The molecule has 4 aromatic rings. The van der Waals surface area contributed by atoms with Gasteiger partial charge < -0.3 is 9.47 Å². The fourth-order valence-corrected chi connectivity index (χ4v) is 4.10. The van der Waals surface area contributed by atoms with Crippen LogP contribution < -0.4 is 15.0 Å². The van der Waals surface area contributed by atoms with Crippen molar-refractivity contribution in [3.63, 3.8) is 0 Å². The average Bonchev–Trinajstić information content (AvgIpc) is 3.19. The predicted molar refractivity (Wildman–Crippen MR) is 117 cm³/mol. The minimum atomic E-state index is -0.0337. The largest absolute Gasteiger partial charge is 0.497 e. The Kier molecular flexibility index (Phi) is 5.83. The molecule has 0 radical (unpaired) electrons. The summed E-state index contributed by atoms with van der Waals surface area (Å²) in [4.78, 5) is 18.3. The molecule has 2 aromatic heterocycles. The Bertz CT molecular complexity index is 1170. The smallest absolute Gasteiger partial charge is 0.262 e. The maximum absolute atomic E-state index is 13.1. The van der Waals surface area contributed by atoms with E-state index < -0.39 is 0 Å². The van der Waals surface area contributed by atoms with Gasteiger partial charge in [-0.3, -0.25) is 9.36 Å². The third kappa shape index (κ3) is 4.28. The summed E-state index contributed by atoms with van der Waals surface area (Å²) in [7, 11) is 1.63. The van der Waals surface area contributed by atoms with Crippen LogP contribution in [0.5, 0.6) is 11.5 Å². The molecule has 0 fully saturated rings. The zero-order chi connectivity index (χ0) is 20.2. The molecule has 0 aliphatic heterocycles. The highest BCUT2D eigenvalue weighted by molar-refractivity contribution is 7.17. The second-order valence-electron chi connectivity index (χ2n) is 6.46. The van der Waals surface area contributed by atoms with Crippen LogP contribution in [0.25, 0.3) is 21.3 Å². The van der Waals surface area contributed by atoms with E-state index in [-0.39, 0.29) is 5.56 Å². The Morgan fingerprint density at radius 3 is 2.52 bits per heavy atom. The maximum Gasteiger partial charge on any atom is 0.262 e. The van der Waals surface area contributed by atoms with Crippen molar-refractivity contribution < 1.29 is 9.47 Å². The number of nitrogens with zero attached hydrogens (tertiary/aromatic N) is 2. The molecule has 0 spiro atoms. The van der Waals surface area contributed by atoms with Crippen molar-refractivity contribution in [1.82, 2.24) is 9.55 Å². The van der Waals surface area contributed by atoms with Gasteiger partial charge in [-0.25, -0.2) is 4.98 Å². The van der Waals surface area contributed by atoms with Gasteiger partial charge in [0.15, 0.2) is 0 Å². The van der Waals surface area contributed by atoms with E-state index in [0.717, 1.165) is 27.5 Å². The van der Waals surface area contributed by atoms with Crippen LogP contribution >= 0.6 is 22.9 Å². The zero-order valence-corrected chi connectivity index (χ0v) is 17.4. The minimum absolute atomic E-state index is 0.0337. The fraction of sp³-hybridized carbons (Fsp3) is 0.182. The highest BCUT2D eigenvalue weighted by Gasteiger charge is 2.13. The van der Waals surface area contributed by atoms with Crippen LogP contribution in [0.4, 0.5) is 0 Å². The van der Waals surface area contributed by atoms with Crippen LogP contribution in [0.1, 0.15) is 6.42 Å². The quantitative estimate of drug-likeness (QED) is 0.378. The molecule has 0 aliphatic carbocycles. The third-order valence-electron chi connectivity index (χ3n) is 4.59. The molecule has 0 aliphatic rings. The molecule has 5 nitrogen and oxygen atoms in total. The van der Waals surface area contributed by atoms with E-state index in [9.17, 15) is 4.79 Å². The number of halogens is 1. The van der Waals surface area contributed by atoms with E-state index >= 15 is 0 Å². The van der Waals surface area contributed by atoms with Gasteiger partial charge in [0, 0.05) is 22.5 Å². The highest BCUT2D eigenvalue weighted by atomic mass is 35.5. The van der Waals surface area contributed by atoms with Crippen molar-refractivity contribution in [2.24, 2.45) is 0 Å². The number of fused-ring (bicyclic) bond motifs is 1. The van der Waals surface area contributed by atoms with E-state index in [4.69, 9.17) is 21.1 Å². The van der Waals surface area contributed by atoms with Gasteiger partial charge in [-0.2, -0.15) is 0 Å². The molecule has 7 heteroatoms. The topological polar surface area (TPSA) is 53.4 Å². The lowest BCUT2D eigenvalue weighted by Gasteiger charge is -2.08. The molecular formula is C22H19ClN2O3S. The van der Waals surface area contributed by atoms with Gasteiger partial charge in [0.05, 0.1) is 25.4 Å². The summed E-state index contributed by atoms with van der Waals surface area (Å²) in [6, 6.07) is 14.9. The van der Waals surface area contributed by atoms with E-state index in [1.807, 2.05) is 41.8 Å². The highest BCUT2D eigenvalue weighted by Crippen LogP contribution is 2.31. The monoisotopic (exact) mass is 426 g/mol. The number of rotatable bonds is 7. The lowest BCUT2D eigenvalue weighted by Crippen LogP contribution is -2.21. The Labute approximate surface area is 177 Å². The number of thiophene rings is 1. The van der Waals surface area contributed by atoms with Gasteiger partial charge in [-0.1, -0.05) is 23.7 Å². The molecule has 29 heavy (non-hydrogen) atoms. The molecule has 0 bridgehead atoms. The van der Waals surface area contributed by atoms with Crippen LogP contribution in [0.3, 0.4) is 0 Å². The molecule has 0 amide bonds. The first kappa shape index (κ1) is 19.5. The van der Waals surface area contributed by atoms with Crippen molar-refractivity contribution in [1.29, 1.82) is 0 Å². The molecule has 0 saturated carbocycles. The second kappa shape index (κ2) is 8.68. The molecule has 2 aromatic carbocycles. The van der Waals surface area contributed by atoms with Crippen molar-refractivity contribution in [2.75, 3.05) is 13.7 Å². The molecule has 0 N–H and O–H groups in total. The van der Waals surface area contributed by atoms with E-state index in [1.54, 1.807) is 30.1 Å². The SMILES string of the molecule is COc1ccc(-c2csc3ncn(CCCOc4ccc(Cl)cc4)c(=O)c23)cc1. The lowest BCUT2D eigenvalue weighted by molar-refractivity contribution is 0.301. The first-order valence-corrected chi connectivity index (χ1v) is 10.4. The number of benzene rings is 2. The van der Waals surface area contributed by atoms with Gasteiger partial charge in [0.25, 0.3) is 5.56 Å². The van der Waals surface area contributed by atoms with Crippen LogP contribution in [0, 0.1) is 0 Å². The number of methoxy groups -OCH3 is 1. The van der Waals surface area contributed by atoms with Crippen LogP contribution in [0.15, 0.2) is 65.0 Å². The number of aromatic nitrogens is 2. The summed E-state index contributed by atoms with van der Waals surface area (Å²) in [5.74, 6) is 1.54. The summed E-state index contributed by atoms with van der Waals surface area (Å²) in [6.45, 7) is 1.04. The third-order valence-corrected chi connectivity index (χ3v) is 5.73. The summed E-state index contributed by atoms with van der Waals surface area (Å²) < 4.78 is 12.6. The maximum atomic E-state index is 13.1. The second-order valence-corrected chi connectivity index (χ2v) is 7.75. The molecule has 4 rings (SSSR count). The molecule has 0 unspecified atom stereocenters. The van der Waals surface area contributed by atoms with Crippen molar-refractivity contribution in [3.8, 4) is 22.6 Å². The van der Waals surface area contributed by atoms with Gasteiger partial charge in [-0.15, -0.1) is 11.3 Å². The Morgan fingerprint density at radius 2 is 1.79 bits per heavy atom. The van der Waals surface area contributed by atoms with Crippen LogP contribution in [-0.4, -0.2) is 23.3 Å². The summed E-state index contributed by atoms with van der Waals surface area (Å²) in [6.07, 6.45) is 2.30. The van der Waals surface area contributed by atoms with Gasteiger partial charge in [0.2, 0.25) is 0 Å². The number of hydrogen-bond donors (Lipinski definition) is 0. The number of aryl methyl sites for hydroxylation is 1. The van der Waals surface area contributed by atoms with E-state index in [1.165, 1.54) is 11.3 Å². The van der Waals surface area contributed by atoms with Gasteiger partial charge in [0.1, 0.15) is 16.3 Å². The van der Waals surface area contributed by atoms with Crippen LogP contribution in [0.2, 0.25) is 5.02 Å². The Hall–Kier alpha value is -2.83. The van der Waals surface area contributed by atoms with Crippen molar-refractivity contribution >= 4 is 33.2 Å². The zero-order valence-electron chi connectivity index (χ0n) is 15.8. The Morgan fingerprint density at radius 1 is 1.07 bits per heavy atom. The van der Waals surface area contributed by atoms with Crippen molar-refractivity contribution in [3.05, 3.63) is 75.6 Å². The van der Waals surface area contributed by atoms with Crippen molar-refractivity contribution in [2.45, 2.75) is 13.0 Å².